The van der Waals surface area contributed by atoms with Gasteiger partial charge in [0.15, 0.2) is 0 Å². The number of hydrogen-bond donors (Lipinski definition) is 0. The predicted molar refractivity (Wildman–Crippen MR) is 178 cm³/mol. The first kappa shape index (κ1) is 23.1. The van der Waals surface area contributed by atoms with Gasteiger partial charge in [0.1, 0.15) is 0 Å². The van der Waals surface area contributed by atoms with Crippen LogP contribution in [0.15, 0.2) is 158 Å². The zero-order valence-electron chi connectivity index (χ0n) is 22.9. The Bertz CT molecular complexity index is 2440. The number of hydrogen-bond acceptors (Lipinski definition) is 0. The number of rotatable bonds is 3. The van der Waals surface area contributed by atoms with E-state index in [0.29, 0.717) is 0 Å². The third-order valence-corrected chi connectivity index (χ3v) is 8.72. The molecule has 0 aliphatic rings. The lowest BCUT2D eigenvalue weighted by atomic mass is 9.93. The quantitative estimate of drug-likeness (QED) is 0.200. The Morgan fingerprint density at radius 2 is 1.07 bits per heavy atom. The summed E-state index contributed by atoms with van der Waals surface area (Å²) in [5, 5.41) is 8.89. The molecule has 0 spiro atoms. The third-order valence-electron chi connectivity index (χ3n) is 8.72. The van der Waals surface area contributed by atoms with Gasteiger partial charge in [-0.05, 0) is 75.1 Å². The monoisotopic (exact) mass is 534 g/mol. The summed E-state index contributed by atoms with van der Waals surface area (Å²) in [4.78, 5) is 0. The minimum absolute atomic E-state index is 1.16. The number of benzene rings is 7. The summed E-state index contributed by atoms with van der Waals surface area (Å²) in [5.74, 6) is 0. The van der Waals surface area contributed by atoms with Gasteiger partial charge in [0.05, 0.1) is 16.6 Å². The molecule has 0 atom stereocenters. The summed E-state index contributed by atoms with van der Waals surface area (Å²) in [5.41, 5.74) is 8.46. The Balaban J connectivity index is 1.30. The van der Waals surface area contributed by atoms with Gasteiger partial charge in [-0.1, -0.05) is 109 Å². The van der Waals surface area contributed by atoms with Crippen molar-refractivity contribution in [2.45, 2.75) is 0 Å². The van der Waals surface area contributed by atoms with Gasteiger partial charge in [-0.3, -0.25) is 0 Å². The average Bonchev–Trinajstić information content (AvgIpc) is 3.64. The minimum Gasteiger partial charge on any atom is -0.315 e. The van der Waals surface area contributed by atoms with Gasteiger partial charge in [0.2, 0.25) is 0 Å². The van der Waals surface area contributed by atoms with Crippen molar-refractivity contribution in [3.63, 3.8) is 0 Å². The second-order valence-corrected chi connectivity index (χ2v) is 11.0. The second kappa shape index (κ2) is 8.95. The Kier molecular flexibility index (Phi) is 4.93. The summed E-state index contributed by atoms with van der Waals surface area (Å²) in [6.45, 7) is 0. The molecule has 0 N–H and O–H groups in total. The predicted octanol–water partition coefficient (Wildman–Crippen LogP) is 10.7. The first-order valence-corrected chi connectivity index (χ1v) is 14.5. The second-order valence-electron chi connectivity index (χ2n) is 11.0. The SMILES string of the molecule is c1ccc(-n2ccc3ccc4c5ccccc5n(-c5ccc(-c6cc7ccccc7c7ccccc67)cc5)c4c32)cc1. The maximum Gasteiger partial charge on any atom is 0.0788 e. The Hall–Kier alpha value is -5.60. The van der Waals surface area contributed by atoms with Crippen molar-refractivity contribution in [3.8, 4) is 22.5 Å². The minimum atomic E-state index is 1.16. The lowest BCUT2D eigenvalue weighted by molar-refractivity contribution is 1.12. The van der Waals surface area contributed by atoms with Crippen molar-refractivity contribution in [3.05, 3.63) is 158 Å². The van der Waals surface area contributed by atoms with E-state index in [0.717, 1.165) is 11.4 Å². The van der Waals surface area contributed by atoms with Crippen LogP contribution in [-0.4, -0.2) is 9.13 Å². The van der Waals surface area contributed by atoms with Crippen molar-refractivity contribution < 1.29 is 0 Å². The van der Waals surface area contributed by atoms with E-state index in [-0.39, 0.29) is 0 Å². The van der Waals surface area contributed by atoms with Crippen LogP contribution in [0.25, 0.3) is 76.8 Å². The number of aromatic nitrogens is 2. The summed E-state index contributed by atoms with van der Waals surface area (Å²) in [6, 6.07) is 55.0. The highest BCUT2D eigenvalue weighted by Gasteiger charge is 2.18. The molecule has 9 rings (SSSR count). The van der Waals surface area contributed by atoms with Crippen LogP contribution >= 0.6 is 0 Å². The fourth-order valence-corrected chi connectivity index (χ4v) is 6.83. The summed E-state index contributed by atoms with van der Waals surface area (Å²) in [7, 11) is 0. The molecule has 7 aromatic carbocycles. The molecule has 0 radical (unpaired) electrons. The molecular formula is C40H26N2. The highest BCUT2D eigenvalue weighted by Crippen LogP contribution is 2.39. The molecule has 0 aliphatic heterocycles. The lowest BCUT2D eigenvalue weighted by Gasteiger charge is -2.14. The van der Waals surface area contributed by atoms with Gasteiger partial charge in [-0.25, -0.2) is 0 Å². The van der Waals surface area contributed by atoms with Crippen LogP contribution < -0.4 is 0 Å². The van der Waals surface area contributed by atoms with Crippen molar-refractivity contribution in [1.82, 2.24) is 9.13 Å². The van der Waals surface area contributed by atoms with E-state index in [1.165, 1.54) is 65.4 Å². The number of nitrogens with zero attached hydrogens (tertiary/aromatic N) is 2. The zero-order chi connectivity index (χ0) is 27.6. The van der Waals surface area contributed by atoms with Crippen LogP contribution in [0.3, 0.4) is 0 Å². The third kappa shape index (κ3) is 3.33. The van der Waals surface area contributed by atoms with Crippen LogP contribution in [0.4, 0.5) is 0 Å². The van der Waals surface area contributed by atoms with Gasteiger partial charge >= 0.3 is 0 Å². The molecule has 0 aliphatic carbocycles. The van der Waals surface area contributed by atoms with E-state index in [1.54, 1.807) is 0 Å². The zero-order valence-corrected chi connectivity index (χ0v) is 22.9. The summed E-state index contributed by atoms with van der Waals surface area (Å²) in [6.07, 6.45) is 2.19. The highest BCUT2D eigenvalue weighted by atomic mass is 15.0. The van der Waals surface area contributed by atoms with Gasteiger partial charge < -0.3 is 9.13 Å². The van der Waals surface area contributed by atoms with Gasteiger partial charge in [0, 0.05) is 33.7 Å². The molecule has 0 bridgehead atoms. The van der Waals surface area contributed by atoms with E-state index in [9.17, 15) is 0 Å². The van der Waals surface area contributed by atoms with Crippen LogP contribution in [0.2, 0.25) is 0 Å². The van der Waals surface area contributed by atoms with Crippen molar-refractivity contribution in [1.29, 1.82) is 0 Å². The molecule has 196 valence electrons. The van der Waals surface area contributed by atoms with Crippen LogP contribution in [-0.2, 0) is 0 Å². The Morgan fingerprint density at radius 3 is 1.90 bits per heavy atom. The molecule has 0 saturated heterocycles. The van der Waals surface area contributed by atoms with Crippen LogP contribution in [0, 0.1) is 0 Å². The van der Waals surface area contributed by atoms with E-state index in [4.69, 9.17) is 0 Å². The van der Waals surface area contributed by atoms with E-state index < -0.39 is 0 Å². The molecule has 0 amide bonds. The Labute approximate surface area is 243 Å². The molecule has 0 saturated carbocycles. The molecule has 2 heterocycles. The summed E-state index contributed by atoms with van der Waals surface area (Å²) >= 11 is 0. The molecule has 0 fully saturated rings. The van der Waals surface area contributed by atoms with Crippen molar-refractivity contribution in [2.75, 3.05) is 0 Å². The van der Waals surface area contributed by atoms with Gasteiger partial charge in [-0.2, -0.15) is 0 Å². The normalized spacial score (nSPS) is 11.8. The van der Waals surface area contributed by atoms with Crippen molar-refractivity contribution >= 4 is 54.3 Å². The first-order valence-electron chi connectivity index (χ1n) is 14.5. The summed E-state index contributed by atoms with van der Waals surface area (Å²) < 4.78 is 4.76. The first-order chi connectivity index (χ1) is 20.8. The highest BCUT2D eigenvalue weighted by molar-refractivity contribution is 6.18. The molecular weight excluding hydrogens is 508 g/mol. The topological polar surface area (TPSA) is 9.86 Å². The van der Waals surface area contributed by atoms with E-state index >= 15 is 0 Å². The fourth-order valence-electron chi connectivity index (χ4n) is 6.83. The maximum atomic E-state index is 2.44. The standard InChI is InChI=1S/C40H26N2/c1-2-11-30(12-3-1)41-25-24-28-20-23-36-35-16-8-9-17-38(35)42(40(36)39(28)41)31-21-18-27(19-22-31)37-26-29-10-4-5-13-32(29)33-14-6-7-15-34(33)37/h1-26H. The smallest absolute Gasteiger partial charge is 0.0788 e. The lowest BCUT2D eigenvalue weighted by Crippen LogP contribution is -1.98. The number of para-hydroxylation sites is 2. The molecule has 42 heavy (non-hydrogen) atoms. The van der Waals surface area contributed by atoms with E-state index in [2.05, 4.69) is 167 Å². The average molecular weight is 535 g/mol. The Morgan fingerprint density at radius 1 is 0.381 bits per heavy atom. The number of fused-ring (bicyclic) bond motifs is 8. The fraction of sp³-hybridized carbons (Fsp3) is 0. The van der Waals surface area contributed by atoms with Crippen molar-refractivity contribution in [2.24, 2.45) is 0 Å². The molecule has 2 heteroatoms. The maximum absolute atomic E-state index is 2.44. The van der Waals surface area contributed by atoms with Crippen LogP contribution in [0.5, 0.6) is 0 Å². The van der Waals surface area contributed by atoms with Gasteiger partial charge in [0.25, 0.3) is 0 Å². The molecule has 0 unspecified atom stereocenters. The van der Waals surface area contributed by atoms with E-state index in [1.807, 2.05) is 0 Å². The largest absolute Gasteiger partial charge is 0.315 e. The molecule has 2 aromatic heterocycles. The molecule has 9 aromatic rings. The van der Waals surface area contributed by atoms with Gasteiger partial charge in [-0.15, -0.1) is 0 Å². The van der Waals surface area contributed by atoms with Crippen LogP contribution in [0.1, 0.15) is 0 Å². The molecule has 2 nitrogen and oxygen atoms in total.